The summed E-state index contributed by atoms with van der Waals surface area (Å²) < 4.78 is 1.10. The van der Waals surface area contributed by atoms with Crippen LogP contribution in [0.3, 0.4) is 0 Å². The summed E-state index contributed by atoms with van der Waals surface area (Å²) in [6.07, 6.45) is 0. The molecule has 1 nitrogen and oxygen atoms in total. The molecule has 3 heteroatoms. The summed E-state index contributed by atoms with van der Waals surface area (Å²) in [4.78, 5) is 0. The van der Waals surface area contributed by atoms with E-state index in [0.717, 1.165) is 16.0 Å². The molecule has 0 aliphatic carbocycles. The first-order valence-corrected chi connectivity index (χ1v) is 7.54. The number of benzene rings is 2. The molecule has 0 amide bonds. The van der Waals surface area contributed by atoms with Crippen molar-refractivity contribution < 1.29 is 0 Å². The first-order chi connectivity index (χ1) is 9.11. The Labute approximate surface area is 128 Å². The lowest BCUT2D eigenvalue weighted by molar-refractivity contribution is 0.627. The molecule has 0 aliphatic heterocycles. The summed E-state index contributed by atoms with van der Waals surface area (Å²) in [6, 6.07) is 14.6. The van der Waals surface area contributed by atoms with E-state index in [9.17, 15) is 0 Å². The van der Waals surface area contributed by atoms with Gasteiger partial charge in [-0.1, -0.05) is 52.7 Å². The molecule has 0 radical (unpaired) electrons. The van der Waals surface area contributed by atoms with Crippen LogP contribution in [0.1, 0.15) is 29.7 Å². The second-order valence-electron chi connectivity index (χ2n) is 4.55. The van der Waals surface area contributed by atoms with E-state index < -0.39 is 0 Å². The molecule has 0 saturated heterocycles. The lowest BCUT2D eigenvalue weighted by Crippen LogP contribution is -2.22. The number of nitrogens with one attached hydrogen (secondary N) is 1. The Morgan fingerprint density at radius 1 is 1.21 bits per heavy atom. The molecule has 0 spiro atoms. The Balaban J connectivity index is 2.48. The van der Waals surface area contributed by atoms with Crippen LogP contribution in [0, 0.1) is 6.92 Å². The quantitative estimate of drug-likeness (QED) is 0.817. The second-order valence-corrected chi connectivity index (χ2v) is 5.90. The summed E-state index contributed by atoms with van der Waals surface area (Å²) in [5.41, 5.74) is 3.74. The zero-order chi connectivity index (χ0) is 13.8. The fourth-order valence-corrected chi connectivity index (χ4v) is 2.80. The second kappa shape index (κ2) is 6.56. The largest absolute Gasteiger partial charge is 0.307 e. The molecular formula is C16H17BrClN. The molecule has 2 aromatic rings. The Morgan fingerprint density at radius 2 is 2.00 bits per heavy atom. The molecule has 0 aromatic heterocycles. The van der Waals surface area contributed by atoms with Crippen LogP contribution in [0.5, 0.6) is 0 Å². The van der Waals surface area contributed by atoms with Crippen molar-refractivity contribution in [3.63, 3.8) is 0 Å². The van der Waals surface area contributed by atoms with Crippen molar-refractivity contribution >= 4 is 27.5 Å². The molecule has 1 atom stereocenters. The minimum absolute atomic E-state index is 0.168. The zero-order valence-electron chi connectivity index (χ0n) is 11.1. The van der Waals surface area contributed by atoms with E-state index in [1.165, 1.54) is 16.7 Å². The minimum atomic E-state index is 0.168. The van der Waals surface area contributed by atoms with Gasteiger partial charge in [-0.25, -0.2) is 0 Å². The van der Waals surface area contributed by atoms with Gasteiger partial charge in [-0.3, -0.25) is 0 Å². The fraction of sp³-hybridized carbons (Fsp3) is 0.250. The molecule has 2 rings (SSSR count). The third-order valence-corrected chi connectivity index (χ3v) is 3.87. The molecule has 2 aromatic carbocycles. The van der Waals surface area contributed by atoms with Gasteiger partial charge >= 0.3 is 0 Å². The van der Waals surface area contributed by atoms with Crippen molar-refractivity contribution in [2.45, 2.75) is 19.9 Å². The highest BCUT2D eigenvalue weighted by molar-refractivity contribution is 9.10. The van der Waals surface area contributed by atoms with Gasteiger partial charge in [0.1, 0.15) is 0 Å². The summed E-state index contributed by atoms with van der Waals surface area (Å²) in [5, 5.41) is 4.30. The summed E-state index contributed by atoms with van der Waals surface area (Å²) in [6.45, 7) is 5.16. The lowest BCUT2D eigenvalue weighted by atomic mass is 9.95. The van der Waals surface area contributed by atoms with Crippen LogP contribution in [0.25, 0.3) is 0 Å². The lowest BCUT2D eigenvalue weighted by Gasteiger charge is -2.21. The van der Waals surface area contributed by atoms with E-state index in [2.05, 4.69) is 59.4 Å². The molecule has 1 N–H and O–H groups in total. The molecule has 0 heterocycles. The van der Waals surface area contributed by atoms with Crippen molar-refractivity contribution in [3.8, 4) is 0 Å². The predicted octanol–water partition coefficient (Wildman–Crippen LogP) is 5.11. The van der Waals surface area contributed by atoms with Crippen LogP contribution in [-0.4, -0.2) is 6.54 Å². The predicted molar refractivity (Wildman–Crippen MR) is 85.9 cm³/mol. The average Bonchev–Trinajstić information content (AvgIpc) is 2.39. The van der Waals surface area contributed by atoms with Gasteiger partial charge in [0.25, 0.3) is 0 Å². The van der Waals surface area contributed by atoms with Gasteiger partial charge in [0, 0.05) is 9.50 Å². The number of halogens is 2. The minimum Gasteiger partial charge on any atom is -0.307 e. The number of rotatable bonds is 4. The van der Waals surface area contributed by atoms with Crippen LogP contribution >= 0.6 is 27.5 Å². The Morgan fingerprint density at radius 3 is 2.68 bits per heavy atom. The molecule has 0 fully saturated rings. The molecule has 19 heavy (non-hydrogen) atoms. The fourth-order valence-electron chi connectivity index (χ4n) is 2.22. The van der Waals surface area contributed by atoms with E-state index in [-0.39, 0.29) is 6.04 Å². The number of hydrogen-bond acceptors (Lipinski definition) is 1. The van der Waals surface area contributed by atoms with E-state index in [0.29, 0.717) is 0 Å². The van der Waals surface area contributed by atoms with Gasteiger partial charge in [0.15, 0.2) is 0 Å². The highest BCUT2D eigenvalue weighted by atomic mass is 79.9. The van der Waals surface area contributed by atoms with Gasteiger partial charge < -0.3 is 5.32 Å². The molecule has 0 aliphatic rings. The van der Waals surface area contributed by atoms with Gasteiger partial charge in [0.05, 0.1) is 6.04 Å². The highest BCUT2D eigenvalue weighted by Gasteiger charge is 2.15. The third kappa shape index (κ3) is 3.59. The van der Waals surface area contributed by atoms with E-state index in [1.54, 1.807) is 0 Å². The third-order valence-electron chi connectivity index (χ3n) is 3.14. The first kappa shape index (κ1) is 14.6. The van der Waals surface area contributed by atoms with E-state index in [1.807, 2.05) is 18.2 Å². The smallest absolute Gasteiger partial charge is 0.0580 e. The van der Waals surface area contributed by atoms with Crippen LogP contribution in [-0.2, 0) is 0 Å². The van der Waals surface area contributed by atoms with Gasteiger partial charge in [0.2, 0.25) is 0 Å². The van der Waals surface area contributed by atoms with Gasteiger partial charge in [-0.15, -0.1) is 0 Å². The van der Waals surface area contributed by atoms with Crippen molar-refractivity contribution in [2.75, 3.05) is 6.54 Å². The monoisotopic (exact) mass is 337 g/mol. The van der Waals surface area contributed by atoms with Crippen molar-refractivity contribution in [1.82, 2.24) is 5.32 Å². The maximum absolute atomic E-state index is 6.11. The van der Waals surface area contributed by atoms with E-state index in [4.69, 9.17) is 11.6 Å². The first-order valence-electron chi connectivity index (χ1n) is 6.36. The maximum Gasteiger partial charge on any atom is 0.0580 e. The van der Waals surface area contributed by atoms with Crippen LogP contribution in [0.4, 0.5) is 0 Å². The summed E-state index contributed by atoms with van der Waals surface area (Å²) in [7, 11) is 0. The zero-order valence-corrected chi connectivity index (χ0v) is 13.4. The Kier molecular flexibility index (Phi) is 5.03. The summed E-state index contributed by atoms with van der Waals surface area (Å²) >= 11 is 9.66. The van der Waals surface area contributed by atoms with Crippen LogP contribution in [0.15, 0.2) is 46.9 Å². The van der Waals surface area contributed by atoms with Gasteiger partial charge in [-0.2, -0.15) is 0 Å². The van der Waals surface area contributed by atoms with Crippen LogP contribution < -0.4 is 5.32 Å². The normalized spacial score (nSPS) is 12.4. The molecule has 100 valence electrons. The topological polar surface area (TPSA) is 12.0 Å². The Hall–Kier alpha value is -0.830. The average molecular weight is 339 g/mol. The van der Waals surface area contributed by atoms with E-state index >= 15 is 0 Å². The van der Waals surface area contributed by atoms with Crippen molar-refractivity contribution in [3.05, 3.63) is 68.7 Å². The SMILES string of the molecule is CCNC(c1cccc(Cl)c1)c1cc(Br)ccc1C. The molecule has 1 unspecified atom stereocenters. The summed E-state index contributed by atoms with van der Waals surface area (Å²) in [5.74, 6) is 0. The molecule has 0 saturated carbocycles. The van der Waals surface area contributed by atoms with Crippen molar-refractivity contribution in [1.29, 1.82) is 0 Å². The maximum atomic E-state index is 6.11. The number of aryl methyl sites for hydroxylation is 1. The standard InChI is InChI=1S/C16H17BrClN/c1-3-19-16(12-5-4-6-14(18)9-12)15-10-13(17)8-7-11(15)2/h4-10,16,19H,3H2,1-2H3. The molecular weight excluding hydrogens is 322 g/mol. The number of hydrogen-bond donors (Lipinski definition) is 1. The van der Waals surface area contributed by atoms with Crippen LogP contribution in [0.2, 0.25) is 5.02 Å². The Bertz CT molecular complexity index is 568. The van der Waals surface area contributed by atoms with Crippen molar-refractivity contribution in [2.24, 2.45) is 0 Å². The van der Waals surface area contributed by atoms with Gasteiger partial charge in [-0.05, 0) is 54.4 Å². The molecule has 0 bridgehead atoms. The highest BCUT2D eigenvalue weighted by Crippen LogP contribution is 2.28.